The van der Waals surface area contributed by atoms with Crippen molar-refractivity contribution in [3.63, 3.8) is 0 Å². The van der Waals surface area contributed by atoms with Gasteiger partial charge < -0.3 is 9.84 Å². The van der Waals surface area contributed by atoms with Crippen LogP contribution in [0.3, 0.4) is 0 Å². The summed E-state index contributed by atoms with van der Waals surface area (Å²) in [5, 5.41) is 10.9. The molecule has 2 heteroatoms. The third kappa shape index (κ3) is 2.47. The summed E-state index contributed by atoms with van der Waals surface area (Å²) in [5.41, 5.74) is 6.55. The Morgan fingerprint density at radius 3 is 2.43 bits per heavy atom. The lowest BCUT2D eigenvalue weighted by molar-refractivity contribution is 0.314. The molecular formula is C21H30O2. The molecule has 2 aliphatic carbocycles. The fourth-order valence-electron chi connectivity index (χ4n) is 5.05. The van der Waals surface area contributed by atoms with Gasteiger partial charge in [-0.1, -0.05) is 25.5 Å². The number of benzene rings is 1. The molecule has 0 saturated carbocycles. The monoisotopic (exact) mass is 314 g/mol. The quantitative estimate of drug-likeness (QED) is 0.701. The molecule has 0 saturated heterocycles. The van der Waals surface area contributed by atoms with Crippen molar-refractivity contribution in [2.75, 3.05) is 7.11 Å². The molecule has 2 aliphatic rings. The van der Waals surface area contributed by atoms with Crippen LogP contribution in [-0.2, 0) is 0 Å². The van der Waals surface area contributed by atoms with Crippen molar-refractivity contribution in [3.05, 3.63) is 33.9 Å². The molecule has 0 amide bonds. The van der Waals surface area contributed by atoms with Crippen molar-refractivity contribution in [2.45, 2.75) is 71.6 Å². The van der Waals surface area contributed by atoms with E-state index in [1.54, 1.807) is 7.11 Å². The van der Waals surface area contributed by atoms with Gasteiger partial charge in [0.25, 0.3) is 0 Å². The Bertz CT molecular complexity index is 653. The summed E-state index contributed by atoms with van der Waals surface area (Å²) in [4.78, 5) is 0. The third-order valence-electron chi connectivity index (χ3n) is 5.99. The summed E-state index contributed by atoms with van der Waals surface area (Å²) in [6.45, 7) is 11.1. The van der Waals surface area contributed by atoms with E-state index in [1.807, 2.05) is 0 Å². The van der Waals surface area contributed by atoms with Crippen LogP contribution in [0, 0.1) is 12.8 Å². The van der Waals surface area contributed by atoms with E-state index < -0.39 is 0 Å². The first-order valence-corrected chi connectivity index (χ1v) is 8.95. The Hall–Kier alpha value is -1.44. The lowest BCUT2D eigenvalue weighted by Gasteiger charge is -2.43. The Morgan fingerprint density at radius 1 is 1.13 bits per heavy atom. The van der Waals surface area contributed by atoms with Crippen molar-refractivity contribution in [1.82, 2.24) is 0 Å². The molecule has 23 heavy (non-hydrogen) atoms. The van der Waals surface area contributed by atoms with Crippen LogP contribution < -0.4 is 4.74 Å². The van der Waals surface area contributed by atoms with Gasteiger partial charge in [0, 0.05) is 11.5 Å². The number of phenolic OH excluding ortho intramolecular Hbond substituents is 1. The highest BCUT2D eigenvalue weighted by molar-refractivity contribution is 5.64. The predicted octanol–water partition coefficient (Wildman–Crippen LogP) is 5.78. The first kappa shape index (κ1) is 16.4. The maximum Gasteiger partial charge on any atom is 0.163 e. The smallest absolute Gasteiger partial charge is 0.163 e. The van der Waals surface area contributed by atoms with E-state index in [2.05, 4.69) is 40.7 Å². The molecule has 2 nitrogen and oxygen atoms in total. The first-order valence-electron chi connectivity index (χ1n) is 8.95. The second-order valence-corrected chi connectivity index (χ2v) is 7.90. The van der Waals surface area contributed by atoms with Gasteiger partial charge in [0.15, 0.2) is 11.5 Å². The van der Waals surface area contributed by atoms with Gasteiger partial charge in [0.1, 0.15) is 0 Å². The standard InChI is InChI=1S/C21H30O2/c1-11(2)9-15-10-13(4)16-8-7-12(3)17-19(16)18(15)14(5)21(23-6)20(17)22/h9,12-13,15-16,22H,7-8,10H2,1-6H3/t12-,13-,15-,16+/m0/s1. The fraction of sp³-hybridized carbons (Fsp3) is 0.619. The zero-order chi connectivity index (χ0) is 16.9. The highest BCUT2D eigenvalue weighted by Gasteiger charge is 2.40. The minimum atomic E-state index is 0.394. The van der Waals surface area contributed by atoms with Crippen molar-refractivity contribution in [2.24, 2.45) is 5.92 Å². The van der Waals surface area contributed by atoms with Crippen LogP contribution in [0.2, 0.25) is 0 Å². The van der Waals surface area contributed by atoms with E-state index in [1.165, 1.54) is 29.5 Å². The van der Waals surface area contributed by atoms with Crippen LogP contribution >= 0.6 is 0 Å². The Morgan fingerprint density at radius 2 is 1.83 bits per heavy atom. The van der Waals surface area contributed by atoms with Gasteiger partial charge in [0.05, 0.1) is 7.11 Å². The number of hydrogen-bond acceptors (Lipinski definition) is 2. The van der Waals surface area contributed by atoms with E-state index in [0.29, 0.717) is 35.2 Å². The summed E-state index contributed by atoms with van der Waals surface area (Å²) < 4.78 is 5.60. The number of allylic oxidation sites excluding steroid dienone is 2. The van der Waals surface area contributed by atoms with Gasteiger partial charge in [0.2, 0.25) is 0 Å². The van der Waals surface area contributed by atoms with Crippen LogP contribution in [0.4, 0.5) is 0 Å². The summed E-state index contributed by atoms with van der Waals surface area (Å²) in [6, 6.07) is 0. The SMILES string of the molecule is COc1c(C)c2c3c(c1O)[C@@H](C)CC[C@@H]3[C@@H](C)C[C@@H]2C=C(C)C. The van der Waals surface area contributed by atoms with Gasteiger partial charge in [-0.15, -0.1) is 0 Å². The molecule has 0 radical (unpaired) electrons. The van der Waals surface area contributed by atoms with Gasteiger partial charge in [-0.05, 0) is 74.5 Å². The average molecular weight is 314 g/mol. The van der Waals surface area contributed by atoms with Gasteiger partial charge in [-0.2, -0.15) is 0 Å². The number of rotatable bonds is 2. The maximum absolute atomic E-state index is 10.9. The zero-order valence-electron chi connectivity index (χ0n) is 15.4. The highest BCUT2D eigenvalue weighted by atomic mass is 16.5. The summed E-state index contributed by atoms with van der Waals surface area (Å²) in [7, 11) is 1.67. The van der Waals surface area contributed by atoms with Crippen molar-refractivity contribution >= 4 is 0 Å². The van der Waals surface area contributed by atoms with Gasteiger partial charge >= 0.3 is 0 Å². The molecule has 0 heterocycles. The third-order valence-corrected chi connectivity index (χ3v) is 5.99. The normalized spacial score (nSPS) is 29.0. The Balaban J connectivity index is 2.35. The largest absolute Gasteiger partial charge is 0.504 e. The molecule has 0 fully saturated rings. The molecule has 0 aliphatic heterocycles. The van der Waals surface area contributed by atoms with E-state index in [0.717, 1.165) is 17.5 Å². The molecule has 3 rings (SSSR count). The second-order valence-electron chi connectivity index (χ2n) is 7.90. The van der Waals surface area contributed by atoms with E-state index in [-0.39, 0.29) is 0 Å². The van der Waals surface area contributed by atoms with E-state index in [9.17, 15) is 5.11 Å². The summed E-state index contributed by atoms with van der Waals surface area (Å²) >= 11 is 0. The topological polar surface area (TPSA) is 29.5 Å². The maximum atomic E-state index is 10.9. The predicted molar refractivity (Wildman–Crippen MR) is 95.7 cm³/mol. The van der Waals surface area contributed by atoms with Crippen molar-refractivity contribution in [3.8, 4) is 11.5 Å². The number of methoxy groups -OCH3 is 1. The molecule has 126 valence electrons. The Kier molecular flexibility index (Phi) is 4.20. The van der Waals surface area contributed by atoms with Crippen molar-refractivity contribution < 1.29 is 9.84 Å². The van der Waals surface area contributed by atoms with Crippen LogP contribution in [0.1, 0.15) is 87.0 Å². The molecule has 0 spiro atoms. The van der Waals surface area contributed by atoms with E-state index >= 15 is 0 Å². The Labute approximate surface area is 140 Å². The minimum Gasteiger partial charge on any atom is -0.504 e. The number of hydrogen-bond donors (Lipinski definition) is 1. The lowest BCUT2D eigenvalue weighted by atomic mass is 9.62. The molecule has 4 atom stereocenters. The van der Waals surface area contributed by atoms with Crippen molar-refractivity contribution in [1.29, 1.82) is 0 Å². The summed E-state index contributed by atoms with van der Waals surface area (Å²) in [6.07, 6.45) is 6.01. The fourth-order valence-corrected chi connectivity index (χ4v) is 5.05. The van der Waals surface area contributed by atoms with Crippen LogP contribution in [0.15, 0.2) is 11.6 Å². The van der Waals surface area contributed by atoms with Gasteiger partial charge in [-0.3, -0.25) is 0 Å². The molecule has 1 aromatic rings. The van der Waals surface area contributed by atoms with Crippen LogP contribution in [-0.4, -0.2) is 12.2 Å². The van der Waals surface area contributed by atoms with E-state index in [4.69, 9.17) is 4.74 Å². The minimum absolute atomic E-state index is 0.394. The second kappa shape index (κ2) is 5.89. The van der Waals surface area contributed by atoms with Crippen LogP contribution in [0.25, 0.3) is 0 Å². The molecule has 0 aromatic heterocycles. The van der Waals surface area contributed by atoms with Crippen LogP contribution in [0.5, 0.6) is 11.5 Å². The molecule has 1 N–H and O–H groups in total. The number of aromatic hydroxyl groups is 1. The lowest BCUT2D eigenvalue weighted by Crippen LogP contribution is -2.28. The first-order chi connectivity index (χ1) is 10.9. The zero-order valence-corrected chi connectivity index (χ0v) is 15.4. The molecule has 1 aromatic carbocycles. The molecule has 0 bridgehead atoms. The molecular weight excluding hydrogens is 284 g/mol. The van der Waals surface area contributed by atoms with Gasteiger partial charge in [-0.25, -0.2) is 0 Å². The molecule has 0 unspecified atom stereocenters. The average Bonchev–Trinajstić information content (AvgIpc) is 2.46. The highest BCUT2D eigenvalue weighted by Crippen LogP contribution is 2.57. The number of phenols is 1. The summed E-state index contributed by atoms with van der Waals surface area (Å²) in [5.74, 6) is 3.20. The number of ether oxygens (including phenoxy) is 1.